The van der Waals surface area contributed by atoms with E-state index in [0.717, 1.165) is 44.9 Å². The van der Waals surface area contributed by atoms with Gasteiger partial charge in [0.25, 0.3) is 0 Å². The summed E-state index contributed by atoms with van der Waals surface area (Å²) in [4.78, 5) is 33.4. The van der Waals surface area contributed by atoms with Crippen LogP contribution in [0.4, 0.5) is 0 Å². The predicted octanol–water partition coefficient (Wildman–Crippen LogP) is 11.0. The van der Waals surface area contributed by atoms with Crippen LogP contribution in [0.15, 0.2) is 12.2 Å². The molecule has 0 heterocycles. The molecule has 3 unspecified atom stereocenters. The highest BCUT2D eigenvalue weighted by atomic mass is 31.2. The number of phosphoric acid groups is 1. The van der Waals surface area contributed by atoms with Crippen LogP contribution in [0.25, 0.3) is 0 Å². The van der Waals surface area contributed by atoms with Crippen LogP contribution in [-0.4, -0.2) is 60.5 Å². The lowest BCUT2D eigenvalue weighted by atomic mass is 10.1. The van der Waals surface area contributed by atoms with Crippen LogP contribution in [-0.2, 0) is 32.7 Å². The van der Waals surface area contributed by atoms with Crippen LogP contribution in [0, 0.1) is 0 Å². The van der Waals surface area contributed by atoms with Crippen molar-refractivity contribution in [3.05, 3.63) is 12.2 Å². The number of rotatable bonds is 40. The van der Waals surface area contributed by atoms with E-state index in [-0.39, 0.29) is 13.0 Å². The van der Waals surface area contributed by atoms with Crippen molar-refractivity contribution in [3.8, 4) is 0 Å². The lowest BCUT2D eigenvalue weighted by molar-refractivity contribution is -0.154. The Morgan fingerprint density at radius 3 is 1.49 bits per heavy atom. The summed E-state index contributed by atoms with van der Waals surface area (Å²) < 4.78 is 33.3. The van der Waals surface area contributed by atoms with Gasteiger partial charge in [0.05, 0.1) is 19.8 Å². The highest BCUT2D eigenvalue weighted by Crippen LogP contribution is 2.43. The van der Waals surface area contributed by atoms with E-state index in [1.54, 1.807) is 0 Å². The molecule has 0 aromatic rings. The van der Waals surface area contributed by atoms with E-state index in [0.29, 0.717) is 13.0 Å². The molecule has 302 valence electrons. The van der Waals surface area contributed by atoms with Gasteiger partial charge in [-0.1, -0.05) is 161 Å². The number of hydrogen-bond donors (Lipinski definition) is 3. The first-order valence-corrected chi connectivity index (χ1v) is 22.2. The average molecular weight is 748 g/mol. The van der Waals surface area contributed by atoms with E-state index in [9.17, 15) is 19.0 Å². The number of ether oxygens (including phenoxy) is 2. The second-order valence-electron chi connectivity index (χ2n) is 14.1. The Balaban J connectivity index is 4.23. The topological polar surface area (TPSA) is 155 Å². The van der Waals surface area contributed by atoms with Crippen LogP contribution >= 0.6 is 7.82 Å². The molecule has 11 heteroatoms. The van der Waals surface area contributed by atoms with Gasteiger partial charge in [0.15, 0.2) is 0 Å². The molecule has 0 aromatic heterocycles. The van der Waals surface area contributed by atoms with Crippen molar-refractivity contribution >= 4 is 19.8 Å². The van der Waals surface area contributed by atoms with Gasteiger partial charge in [0, 0.05) is 13.0 Å². The first-order chi connectivity index (χ1) is 24.7. The summed E-state index contributed by atoms with van der Waals surface area (Å²) in [5, 5.41) is 8.87. The summed E-state index contributed by atoms with van der Waals surface area (Å²) in [7, 11) is -4.61. The molecule has 0 fully saturated rings. The van der Waals surface area contributed by atoms with E-state index >= 15 is 0 Å². The van der Waals surface area contributed by atoms with E-state index in [1.165, 1.54) is 122 Å². The fraction of sp³-hybridized carbons (Fsp3) is 0.900. The van der Waals surface area contributed by atoms with Gasteiger partial charge in [-0.15, -0.1) is 0 Å². The quantitative estimate of drug-likeness (QED) is 0.0239. The molecule has 0 rings (SSSR count). The Labute approximate surface area is 312 Å². The monoisotopic (exact) mass is 748 g/mol. The van der Waals surface area contributed by atoms with Crippen molar-refractivity contribution in [2.24, 2.45) is 5.73 Å². The molecular weight excluding hydrogens is 669 g/mol. The molecular formula is C40H78NO9P. The normalized spacial score (nSPS) is 14.1. The zero-order valence-electron chi connectivity index (χ0n) is 32.7. The largest absolute Gasteiger partial charge is 0.480 e. The first-order valence-electron chi connectivity index (χ1n) is 20.7. The maximum absolute atomic E-state index is 12.6. The smallest absolute Gasteiger partial charge is 0.472 e. The minimum Gasteiger partial charge on any atom is -0.480 e. The van der Waals surface area contributed by atoms with Crippen molar-refractivity contribution in [2.45, 2.75) is 206 Å². The highest BCUT2D eigenvalue weighted by molar-refractivity contribution is 7.47. The minimum absolute atomic E-state index is 0.0205. The molecule has 0 aliphatic rings. The van der Waals surface area contributed by atoms with Gasteiger partial charge in [-0.3, -0.25) is 18.6 Å². The third-order valence-electron chi connectivity index (χ3n) is 9.04. The molecule has 0 saturated heterocycles. The fourth-order valence-electron chi connectivity index (χ4n) is 5.77. The number of carboxylic acids is 1. The van der Waals surface area contributed by atoms with E-state index in [1.807, 2.05) is 0 Å². The zero-order valence-corrected chi connectivity index (χ0v) is 33.6. The fourth-order valence-corrected chi connectivity index (χ4v) is 6.55. The molecule has 0 aliphatic heterocycles. The molecule has 0 bridgehead atoms. The van der Waals surface area contributed by atoms with E-state index in [2.05, 4.69) is 26.0 Å². The second-order valence-corrected chi connectivity index (χ2v) is 15.6. The highest BCUT2D eigenvalue weighted by Gasteiger charge is 2.27. The molecule has 10 nitrogen and oxygen atoms in total. The Bertz CT molecular complexity index is 873. The van der Waals surface area contributed by atoms with Crippen LogP contribution in [0.3, 0.4) is 0 Å². The standard InChI is InChI=1S/C40H78NO9P/c1-3-5-7-9-11-13-15-17-18-19-20-21-22-24-26-28-30-32-39(42)50-37(35-48-51(45,46)49-36-38(41)40(43)44)34-47-33-31-29-27-25-23-16-14-12-10-8-6-4-2/h17-18,37-38H,3-16,19-36,41H2,1-2H3,(H,43,44)(H,45,46)/b18-17-. The van der Waals surface area contributed by atoms with Gasteiger partial charge in [-0.25, -0.2) is 4.57 Å². The molecule has 0 radical (unpaired) electrons. The van der Waals surface area contributed by atoms with Crippen LogP contribution in [0.2, 0.25) is 0 Å². The number of allylic oxidation sites excluding steroid dienone is 2. The lowest BCUT2D eigenvalue weighted by Gasteiger charge is -2.20. The first kappa shape index (κ1) is 49.7. The molecule has 0 spiro atoms. The Hall–Kier alpha value is -1.29. The average Bonchev–Trinajstić information content (AvgIpc) is 3.10. The van der Waals surface area contributed by atoms with Crippen LogP contribution in [0.5, 0.6) is 0 Å². The number of hydrogen-bond acceptors (Lipinski definition) is 8. The number of phosphoric ester groups is 1. The molecule has 3 atom stereocenters. The van der Waals surface area contributed by atoms with Gasteiger partial charge in [0.2, 0.25) is 0 Å². The summed E-state index contributed by atoms with van der Waals surface area (Å²) in [5.74, 6) is -1.78. The molecule has 4 N–H and O–H groups in total. The molecule has 0 amide bonds. The number of unbranched alkanes of at least 4 members (excludes halogenated alkanes) is 24. The summed E-state index contributed by atoms with van der Waals surface area (Å²) in [6.45, 7) is 3.89. The van der Waals surface area contributed by atoms with Crippen molar-refractivity contribution in [1.82, 2.24) is 0 Å². The Kier molecular flexibility index (Phi) is 36.1. The predicted molar refractivity (Wildman–Crippen MR) is 208 cm³/mol. The van der Waals surface area contributed by atoms with Crippen molar-refractivity contribution in [1.29, 1.82) is 0 Å². The van der Waals surface area contributed by atoms with Crippen molar-refractivity contribution < 1.29 is 42.7 Å². The molecule has 0 saturated carbocycles. The number of aliphatic carboxylic acids is 1. The van der Waals surface area contributed by atoms with Crippen molar-refractivity contribution in [2.75, 3.05) is 26.4 Å². The van der Waals surface area contributed by atoms with E-state index in [4.69, 9.17) is 29.4 Å². The summed E-state index contributed by atoms with van der Waals surface area (Å²) in [6.07, 6.45) is 36.8. The number of carbonyl (C=O) groups excluding carboxylic acids is 1. The van der Waals surface area contributed by atoms with Crippen LogP contribution in [0.1, 0.15) is 194 Å². The molecule has 0 aromatic carbocycles. The SMILES string of the molecule is CCCCCCCC/C=C\CCCCCCCCCC(=O)OC(COCCCCCCCCCCCCCC)COP(=O)(O)OCC(N)C(=O)O. The molecule has 51 heavy (non-hydrogen) atoms. The Morgan fingerprint density at radius 2 is 1.02 bits per heavy atom. The second kappa shape index (κ2) is 37.0. The third kappa shape index (κ3) is 36.8. The van der Waals surface area contributed by atoms with Gasteiger partial charge in [-0.05, 0) is 38.5 Å². The van der Waals surface area contributed by atoms with Gasteiger partial charge in [-0.2, -0.15) is 0 Å². The zero-order chi connectivity index (χ0) is 37.7. The van der Waals surface area contributed by atoms with Crippen LogP contribution < -0.4 is 5.73 Å². The minimum atomic E-state index is -4.61. The van der Waals surface area contributed by atoms with Gasteiger partial charge >= 0.3 is 19.8 Å². The van der Waals surface area contributed by atoms with E-state index < -0.39 is 45.1 Å². The Morgan fingerprint density at radius 1 is 0.608 bits per heavy atom. The summed E-state index contributed by atoms with van der Waals surface area (Å²) in [5.41, 5.74) is 5.34. The lowest BCUT2D eigenvalue weighted by Crippen LogP contribution is -2.34. The maximum atomic E-state index is 12.6. The van der Waals surface area contributed by atoms with Gasteiger partial charge in [0.1, 0.15) is 12.1 Å². The number of carbonyl (C=O) groups is 2. The van der Waals surface area contributed by atoms with Gasteiger partial charge < -0.3 is 25.2 Å². The summed E-state index contributed by atoms with van der Waals surface area (Å²) >= 11 is 0. The molecule has 0 aliphatic carbocycles. The number of esters is 1. The summed E-state index contributed by atoms with van der Waals surface area (Å²) in [6, 6.07) is -1.47. The number of nitrogens with two attached hydrogens (primary N) is 1. The maximum Gasteiger partial charge on any atom is 0.472 e. The van der Waals surface area contributed by atoms with Crippen molar-refractivity contribution in [3.63, 3.8) is 0 Å². The third-order valence-corrected chi connectivity index (χ3v) is 10.00. The number of carboxylic acid groups (broad SMARTS) is 1.